The molecular formula is C15H20N2S. The minimum absolute atomic E-state index is 0.810. The van der Waals surface area contributed by atoms with Crippen LogP contribution >= 0.6 is 11.3 Å². The highest BCUT2D eigenvalue weighted by molar-refractivity contribution is 7.11. The number of hydrogen-bond acceptors (Lipinski definition) is 3. The van der Waals surface area contributed by atoms with Crippen LogP contribution in [0.3, 0.4) is 0 Å². The second-order valence-corrected chi connectivity index (χ2v) is 5.89. The fourth-order valence-electron chi connectivity index (χ4n) is 1.99. The van der Waals surface area contributed by atoms with Crippen LogP contribution in [-0.2, 0) is 13.0 Å². The number of aryl methyl sites for hydroxylation is 4. The molecule has 18 heavy (non-hydrogen) atoms. The van der Waals surface area contributed by atoms with Crippen molar-refractivity contribution in [2.45, 2.75) is 40.7 Å². The maximum atomic E-state index is 4.54. The van der Waals surface area contributed by atoms with Crippen LogP contribution in [0.2, 0.25) is 0 Å². The third-order valence-corrected chi connectivity index (χ3v) is 4.31. The van der Waals surface area contributed by atoms with Crippen molar-refractivity contribution in [1.82, 2.24) is 4.98 Å². The summed E-state index contributed by atoms with van der Waals surface area (Å²) in [5, 5.41) is 4.60. The van der Waals surface area contributed by atoms with Crippen molar-refractivity contribution in [2.24, 2.45) is 0 Å². The van der Waals surface area contributed by atoms with E-state index in [1.807, 2.05) is 0 Å². The highest BCUT2D eigenvalue weighted by atomic mass is 32.1. The zero-order chi connectivity index (χ0) is 13.1. The predicted molar refractivity (Wildman–Crippen MR) is 79.5 cm³/mol. The number of anilines is 1. The molecule has 2 rings (SSSR count). The van der Waals surface area contributed by atoms with Gasteiger partial charge in [-0.1, -0.05) is 13.0 Å². The van der Waals surface area contributed by atoms with Crippen LogP contribution in [0.15, 0.2) is 18.2 Å². The summed E-state index contributed by atoms with van der Waals surface area (Å²) in [5.41, 5.74) is 5.10. The Hall–Kier alpha value is -1.35. The number of aromatic nitrogens is 1. The van der Waals surface area contributed by atoms with E-state index in [-0.39, 0.29) is 0 Å². The first-order chi connectivity index (χ1) is 8.60. The smallest absolute Gasteiger partial charge is 0.112 e. The van der Waals surface area contributed by atoms with Crippen LogP contribution in [0.4, 0.5) is 5.69 Å². The Bertz CT molecular complexity index is 524. The van der Waals surface area contributed by atoms with Crippen molar-refractivity contribution < 1.29 is 0 Å². The molecule has 96 valence electrons. The molecule has 1 N–H and O–H groups in total. The number of rotatable bonds is 4. The van der Waals surface area contributed by atoms with E-state index in [4.69, 9.17) is 0 Å². The van der Waals surface area contributed by atoms with E-state index in [1.54, 1.807) is 11.3 Å². The molecule has 0 saturated heterocycles. The molecule has 0 aliphatic rings. The van der Waals surface area contributed by atoms with E-state index in [2.05, 4.69) is 56.2 Å². The quantitative estimate of drug-likeness (QED) is 0.889. The average Bonchev–Trinajstić information content (AvgIpc) is 2.66. The molecule has 0 amide bonds. The SMILES string of the molecule is CCc1ccc(NCc2nc(C)c(C)s2)cc1C. The lowest BCUT2D eigenvalue weighted by molar-refractivity contribution is 1.06. The fourth-order valence-corrected chi connectivity index (χ4v) is 2.87. The summed E-state index contributed by atoms with van der Waals surface area (Å²) >= 11 is 1.77. The summed E-state index contributed by atoms with van der Waals surface area (Å²) < 4.78 is 0. The Kier molecular flexibility index (Phi) is 4.02. The normalized spacial score (nSPS) is 10.7. The molecule has 0 saturated carbocycles. The summed E-state index contributed by atoms with van der Waals surface area (Å²) in [4.78, 5) is 5.85. The molecule has 2 nitrogen and oxygen atoms in total. The van der Waals surface area contributed by atoms with Gasteiger partial charge in [-0.2, -0.15) is 0 Å². The molecular weight excluding hydrogens is 240 g/mol. The molecule has 0 fully saturated rings. The third kappa shape index (κ3) is 2.91. The zero-order valence-corrected chi connectivity index (χ0v) is 12.3. The summed E-state index contributed by atoms with van der Waals surface area (Å²) in [7, 11) is 0. The van der Waals surface area contributed by atoms with Gasteiger partial charge in [0.25, 0.3) is 0 Å². The molecule has 0 spiro atoms. The first-order valence-electron chi connectivity index (χ1n) is 6.36. The van der Waals surface area contributed by atoms with E-state index in [0.717, 1.165) is 23.7 Å². The molecule has 0 radical (unpaired) electrons. The lowest BCUT2D eigenvalue weighted by Gasteiger charge is -2.08. The highest BCUT2D eigenvalue weighted by Crippen LogP contribution is 2.19. The molecule has 1 aromatic carbocycles. The van der Waals surface area contributed by atoms with Crippen LogP contribution in [0.1, 0.15) is 33.6 Å². The molecule has 0 aliphatic heterocycles. The van der Waals surface area contributed by atoms with Crippen molar-refractivity contribution in [3.05, 3.63) is 44.9 Å². The first-order valence-corrected chi connectivity index (χ1v) is 7.18. The van der Waals surface area contributed by atoms with Gasteiger partial charge < -0.3 is 5.32 Å². The summed E-state index contributed by atoms with van der Waals surface area (Å²) in [5.74, 6) is 0. The molecule has 1 aromatic heterocycles. The minimum Gasteiger partial charge on any atom is -0.379 e. The Balaban J connectivity index is 2.04. The van der Waals surface area contributed by atoms with E-state index >= 15 is 0 Å². The molecule has 1 heterocycles. The summed E-state index contributed by atoms with van der Waals surface area (Å²) in [6.45, 7) is 9.36. The maximum absolute atomic E-state index is 4.54. The second-order valence-electron chi connectivity index (χ2n) is 4.60. The topological polar surface area (TPSA) is 24.9 Å². The van der Waals surface area contributed by atoms with Gasteiger partial charge in [0.05, 0.1) is 12.2 Å². The van der Waals surface area contributed by atoms with Gasteiger partial charge in [0.2, 0.25) is 0 Å². The predicted octanol–water partition coefficient (Wildman–Crippen LogP) is 4.24. The van der Waals surface area contributed by atoms with Gasteiger partial charge in [-0.25, -0.2) is 4.98 Å². The van der Waals surface area contributed by atoms with Gasteiger partial charge in [0.15, 0.2) is 0 Å². The first kappa shape index (κ1) is 13.1. The number of nitrogens with zero attached hydrogens (tertiary/aromatic N) is 1. The Labute approximate surface area is 113 Å². The summed E-state index contributed by atoms with van der Waals surface area (Å²) in [6.07, 6.45) is 1.09. The van der Waals surface area contributed by atoms with Gasteiger partial charge in [-0.05, 0) is 50.5 Å². The second kappa shape index (κ2) is 5.53. The summed E-state index contributed by atoms with van der Waals surface area (Å²) in [6, 6.07) is 6.57. The van der Waals surface area contributed by atoms with Crippen LogP contribution in [0.5, 0.6) is 0 Å². The van der Waals surface area contributed by atoms with Gasteiger partial charge in [-0.3, -0.25) is 0 Å². The van der Waals surface area contributed by atoms with Crippen molar-refractivity contribution in [1.29, 1.82) is 0 Å². The monoisotopic (exact) mass is 260 g/mol. The van der Waals surface area contributed by atoms with Crippen LogP contribution < -0.4 is 5.32 Å². The number of thiazole rings is 1. The van der Waals surface area contributed by atoms with Crippen molar-refractivity contribution in [3.8, 4) is 0 Å². The average molecular weight is 260 g/mol. The molecule has 0 unspecified atom stereocenters. The molecule has 0 atom stereocenters. The number of hydrogen-bond donors (Lipinski definition) is 1. The van der Waals surface area contributed by atoms with Crippen LogP contribution in [-0.4, -0.2) is 4.98 Å². The third-order valence-electron chi connectivity index (χ3n) is 3.24. The van der Waals surface area contributed by atoms with E-state index in [0.29, 0.717) is 0 Å². The van der Waals surface area contributed by atoms with Gasteiger partial charge >= 0.3 is 0 Å². The Morgan fingerprint density at radius 2 is 2.00 bits per heavy atom. The zero-order valence-electron chi connectivity index (χ0n) is 11.5. The standard InChI is InChI=1S/C15H20N2S/c1-5-13-6-7-14(8-10(13)2)16-9-15-17-11(3)12(4)18-15/h6-8,16H,5,9H2,1-4H3. The number of benzene rings is 1. The minimum atomic E-state index is 0.810. The van der Waals surface area contributed by atoms with Gasteiger partial charge in [0.1, 0.15) is 5.01 Å². The van der Waals surface area contributed by atoms with E-state index < -0.39 is 0 Å². The molecule has 2 aromatic rings. The Morgan fingerprint density at radius 1 is 1.22 bits per heavy atom. The van der Waals surface area contributed by atoms with E-state index in [9.17, 15) is 0 Å². The van der Waals surface area contributed by atoms with Gasteiger partial charge in [0, 0.05) is 10.6 Å². The number of nitrogens with one attached hydrogen (secondary N) is 1. The lowest BCUT2D eigenvalue weighted by atomic mass is 10.1. The van der Waals surface area contributed by atoms with Gasteiger partial charge in [-0.15, -0.1) is 11.3 Å². The lowest BCUT2D eigenvalue weighted by Crippen LogP contribution is -2.00. The van der Waals surface area contributed by atoms with Crippen molar-refractivity contribution in [2.75, 3.05) is 5.32 Å². The van der Waals surface area contributed by atoms with Crippen molar-refractivity contribution >= 4 is 17.0 Å². The van der Waals surface area contributed by atoms with Crippen LogP contribution in [0, 0.1) is 20.8 Å². The highest BCUT2D eigenvalue weighted by Gasteiger charge is 2.04. The Morgan fingerprint density at radius 3 is 2.56 bits per heavy atom. The van der Waals surface area contributed by atoms with Crippen LogP contribution in [0.25, 0.3) is 0 Å². The van der Waals surface area contributed by atoms with E-state index in [1.165, 1.54) is 21.7 Å². The molecule has 3 heteroatoms. The largest absolute Gasteiger partial charge is 0.379 e. The maximum Gasteiger partial charge on any atom is 0.112 e. The molecule has 0 bridgehead atoms. The fraction of sp³-hybridized carbons (Fsp3) is 0.400. The molecule has 0 aliphatic carbocycles. The van der Waals surface area contributed by atoms with Crippen molar-refractivity contribution in [3.63, 3.8) is 0 Å².